The molecule has 1 fully saturated rings. The van der Waals surface area contributed by atoms with Crippen LogP contribution in [0.3, 0.4) is 0 Å². The predicted octanol–water partition coefficient (Wildman–Crippen LogP) is 1.52. The fourth-order valence-electron chi connectivity index (χ4n) is 2.22. The number of piperidine rings is 1. The second kappa shape index (κ2) is 6.21. The van der Waals surface area contributed by atoms with Crippen molar-refractivity contribution in [1.29, 1.82) is 0 Å². The molecule has 0 saturated carbocycles. The SMILES string of the molecule is CCOC(=O)c1c(N)nsc1N1CCCC(OC)C1. The number of anilines is 2. The topological polar surface area (TPSA) is 77.7 Å². The molecular formula is C12H19N3O3S. The van der Waals surface area contributed by atoms with Gasteiger partial charge in [-0.2, -0.15) is 4.37 Å². The first-order valence-electron chi connectivity index (χ1n) is 6.37. The monoisotopic (exact) mass is 285 g/mol. The van der Waals surface area contributed by atoms with E-state index in [2.05, 4.69) is 9.27 Å². The Morgan fingerprint density at radius 2 is 2.42 bits per heavy atom. The van der Waals surface area contributed by atoms with Crippen molar-refractivity contribution in [3.63, 3.8) is 0 Å². The quantitative estimate of drug-likeness (QED) is 0.845. The summed E-state index contributed by atoms with van der Waals surface area (Å²) in [5.41, 5.74) is 6.18. The van der Waals surface area contributed by atoms with Gasteiger partial charge in [-0.15, -0.1) is 0 Å². The zero-order valence-electron chi connectivity index (χ0n) is 11.2. The van der Waals surface area contributed by atoms with Gasteiger partial charge >= 0.3 is 5.97 Å². The molecule has 1 aliphatic rings. The van der Waals surface area contributed by atoms with E-state index in [0.717, 1.165) is 30.9 Å². The van der Waals surface area contributed by atoms with Crippen molar-refractivity contribution in [3.05, 3.63) is 5.56 Å². The minimum Gasteiger partial charge on any atom is -0.462 e. The summed E-state index contributed by atoms with van der Waals surface area (Å²) < 4.78 is 14.5. The van der Waals surface area contributed by atoms with E-state index in [9.17, 15) is 4.79 Å². The summed E-state index contributed by atoms with van der Waals surface area (Å²) in [6.45, 7) is 3.74. The lowest BCUT2D eigenvalue weighted by Gasteiger charge is -2.32. The molecule has 1 aliphatic heterocycles. The van der Waals surface area contributed by atoms with Crippen LogP contribution in [0.25, 0.3) is 0 Å². The van der Waals surface area contributed by atoms with Crippen molar-refractivity contribution >= 4 is 28.3 Å². The Bertz CT molecular complexity index is 449. The molecule has 0 aromatic carbocycles. The van der Waals surface area contributed by atoms with Crippen LogP contribution < -0.4 is 10.6 Å². The minimum atomic E-state index is -0.400. The number of nitrogens with zero attached hydrogens (tertiary/aromatic N) is 2. The number of hydrogen-bond donors (Lipinski definition) is 1. The third-order valence-electron chi connectivity index (χ3n) is 3.18. The van der Waals surface area contributed by atoms with Gasteiger partial charge in [0.25, 0.3) is 0 Å². The van der Waals surface area contributed by atoms with Crippen molar-refractivity contribution in [3.8, 4) is 0 Å². The number of nitrogen functional groups attached to an aromatic ring is 1. The Kier molecular flexibility index (Phi) is 4.60. The predicted molar refractivity (Wildman–Crippen MR) is 74.7 cm³/mol. The van der Waals surface area contributed by atoms with Crippen LogP contribution in [0.2, 0.25) is 0 Å². The second-order valence-corrected chi connectivity index (χ2v) is 5.17. The van der Waals surface area contributed by atoms with E-state index in [4.69, 9.17) is 15.2 Å². The summed E-state index contributed by atoms with van der Waals surface area (Å²) in [4.78, 5) is 14.1. The van der Waals surface area contributed by atoms with E-state index in [0.29, 0.717) is 12.2 Å². The summed E-state index contributed by atoms with van der Waals surface area (Å²) in [7, 11) is 1.71. The largest absolute Gasteiger partial charge is 0.462 e. The number of ether oxygens (including phenoxy) is 2. The number of nitrogens with two attached hydrogens (primary N) is 1. The highest BCUT2D eigenvalue weighted by molar-refractivity contribution is 7.11. The fraction of sp³-hybridized carbons (Fsp3) is 0.667. The van der Waals surface area contributed by atoms with Crippen LogP contribution in [0.15, 0.2) is 0 Å². The molecule has 0 aliphatic carbocycles. The summed E-state index contributed by atoms with van der Waals surface area (Å²) >= 11 is 1.24. The molecule has 1 saturated heterocycles. The van der Waals surface area contributed by atoms with Crippen molar-refractivity contribution in [1.82, 2.24) is 4.37 Å². The fourth-order valence-corrected chi connectivity index (χ4v) is 3.06. The Labute approximate surface area is 116 Å². The van der Waals surface area contributed by atoms with E-state index in [1.165, 1.54) is 11.5 Å². The summed E-state index contributed by atoms with van der Waals surface area (Å²) in [6.07, 6.45) is 2.25. The number of rotatable bonds is 4. The highest BCUT2D eigenvalue weighted by atomic mass is 32.1. The number of esters is 1. The molecule has 19 heavy (non-hydrogen) atoms. The van der Waals surface area contributed by atoms with Gasteiger partial charge in [-0.25, -0.2) is 4.79 Å². The van der Waals surface area contributed by atoms with Crippen molar-refractivity contribution in [2.75, 3.05) is 37.4 Å². The first-order chi connectivity index (χ1) is 9.17. The number of carbonyl (C=O) groups excluding carboxylic acids is 1. The molecule has 0 spiro atoms. The third-order valence-corrected chi connectivity index (χ3v) is 4.10. The lowest BCUT2D eigenvalue weighted by atomic mass is 10.1. The van der Waals surface area contributed by atoms with E-state index < -0.39 is 5.97 Å². The van der Waals surface area contributed by atoms with Crippen LogP contribution >= 0.6 is 11.5 Å². The highest BCUT2D eigenvalue weighted by Gasteiger charge is 2.28. The average Bonchev–Trinajstić information content (AvgIpc) is 2.81. The number of carbonyl (C=O) groups is 1. The highest BCUT2D eigenvalue weighted by Crippen LogP contribution is 2.33. The zero-order chi connectivity index (χ0) is 13.8. The molecule has 2 heterocycles. The van der Waals surface area contributed by atoms with Gasteiger partial charge < -0.3 is 20.1 Å². The maximum atomic E-state index is 11.9. The second-order valence-electron chi connectivity index (χ2n) is 4.41. The first kappa shape index (κ1) is 14.1. The minimum absolute atomic E-state index is 0.187. The molecule has 1 atom stereocenters. The molecule has 0 amide bonds. The lowest BCUT2D eigenvalue weighted by molar-refractivity contribution is 0.0527. The lowest BCUT2D eigenvalue weighted by Crippen LogP contribution is -2.39. The number of aromatic nitrogens is 1. The Balaban J connectivity index is 2.22. The molecule has 2 rings (SSSR count). The molecule has 6 nitrogen and oxygen atoms in total. The molecule has 1 aromatic heterocycles. The number of hydrogen-bond acceptors (Lipinski definition) is 7. The van der Waals surface area contributed by atoms with Crippen LogP contribution in [-0.2, 0) is 9.47 Å². The first-order valence-corrected chi connectivity index (χ1v) is 7.14. The van der Waals surface area contributed by atoms with E-state index in [1.54, 1.807) is 14.0 Å². The zero-order valence-corrected chi connectivity index (χ0v) is 12.0. The van der Waals surface area contributed by atoms with Crippen LogP contribution in [0.1, 0.15) is 30.1 Å². The Morgan fingerprint density at radius 1 is 1.63 bits per heavy atom. The standard InChI is InChI=1S/C12H19N3O3S/c1-3-18-12(16)9-10(13)14-19-11(9)15-6-4-5-8(7-15)17-2/h8H,3-7H2,1-2H3,(H2,13,14). The van der Waals surface area contributed by atoms with Gasteiger partial charge in [0.05, 0.1) is 12.7 Å². The molecule has 0 bridgehead atoms. The molecule has 106 valence electrons. The maximum absolute atomic E-state index is 11.9. The molecule has 1 aromatic rings. The van der Waals surface area contributed by atoms with Gasteiger partial charge in [-0.1, -0.05) is 0 Å². The van der Waals surface area contributed by atoms with Gasteiger partial charge in [0.2, 0.25) is 0 Å². The van der Waals surface area contributed by atoms with Crippen LogP contribution in [0, 0.1) is 0 Å². The molecule has 7 heteroatoms. The Morgan fingerprint density at radius 3 is 3.11 bits per heavy atom. The van der Waals surface area contributed by atoms with Crippen LogP contribution in [-0.4, -0.2) is 43.3 Å². The van der Waals surface area contributed by atoms with E-state index in [-0.39, 0.29) is 11.9 Å². The van der Waals surface area contributed by atoms with Crippen molar-refractivity contribution < 1.29 is 14.3 Å². The van der Waals surface area contributed by atoms with Gasteiger partial charge in [0.15, 0.2) is 5.82 Å². The van der Waals surface area contributed by atoms with Crippen LogP contribution in [0.4, 0.5) is 10.8 Å². The van der Waals surface area contributed by atoms with Crippen molar-refractivity contribution in [2.24, 2.45) is 0 Å². The Hall–Kier alpha value is -1.34. The summed E-state index contributed by atoms with van der Waals surface area (Å²) in [6, 6.07) is 0. The normalized spacial score (nSPS) is 19.5. The molecule has 1 unspecified atom stereocenters. The average molecular weight is 285 g/mol. The van der Waals surface area contributed by atoms with Gasteiger partial charge in [-0.05, 0) is 31.3 Å². The van der Waals surface area contributed by atoms with Gasteiger partial charge in [0, 0.05) is 20.2 Å². The number of methoxy groups -OCH3 is 1. The summed E-state index contributed by atoms with van der Waals surface area (Å²) in [5.74, 6) is -0.152. The smallest absolute Gasteiger partial charge is 0.345 e. The molecule has 0 radical (unpaired) electrons. The maximum Gasteiger partial charge on any atom is 0.345 e. The third kappa shape index (κ3) is 2.98. The molecule has 2 N–H and O–H groups in total. The van der Waals surface area contributed by atoms with Crippen molar-refractivity contribution in [2.45, 2.75) is 25.9 Å². The van der Waals surface area contributed by atoms with E-state index in [1.807, 2.05) is 0 Å². The van der Waals surface area contributed by atoms with Gasteiger partial charge in [-0.3, -0.25) is 0 Å². The molecular weight excluding hydrogens is 266 g/mol. The summed E-state index contributed by atoms with van der Waals surface area (Å²) in [5, 5.41) is 0.790. The van der Waals surface area contributed by atoms with E-state index >= 15 is 0 Å². The van der Waals surface area contributed by atoms with Gasteiger partial charge in [0.1, 0.15) is 10.6 Å². The van der Waals surface area contributed by atoms with Crippen LogP contribution in [0.5, 0.6) is 0 Å².